The van der Waals surface area contributed by atoms with E-state index in [0.717, 1.165) is 5.69 Å². The predicted octanol–water partition coefficient (Wildman–Crippen LogP) is 3.52. The minimum absolute atomic E-state index is 0.0974. The van der Waals surface area contributed by atoms with Crippen LogP contribution in [0.1, 0.15) is 24.2 Å². The minimum Gasteiger partial charge on any atom is -0.493 e. The van der Waals surface area contributed by atoms with Gasteiger partial charge in [-0.2, -0.15) is 0 Å². The molecule has 3 rings (SSSR count). The molecule has 2 aromatic carbocycles. The molecule has 0 radical (unpaired) electrons. The van der Waals surface area contributed by atoms with Crippen LogP contribution in [0.25, 0.3) is 0 Å². The number of para-hydroxylation sites is 2. The second-order valence-electron chi connectivity index (χ2n) is 6.29. The van der Waals surface area contributed by atoms with E-state index in [0.29, 0.717) is 29.4 Å². The summed E-state index contributed by atoms with van der Waals surface area (Å²) in [6.45, 7) is 4.41. The number of anilines is 1. The van der Waals surface area contributed by atoms with Crippen molar-refractivity contribution in [3.63, 3.8) is 0 Å². The summed E-state index contributed by atoms with van der Waals surface area (Å²) in [4.78, 5) is 14.8. The quantitative estimate of drug-likeness (QED) is 0.865. The zero-order chi connectivity index (χ0) is 17.3. The number of hydrogen-bond acceptors (Lipinski definition) is 4. The Morgan fingerprint density at radius 1 is 1.08 bits per heavy atom. The molecule has 0 saturated heterocycles. The number of ether oxygens (including phenoxy) is 3. The minimum atomic E-state index is -0.458. The number of benzene rings is 2. The molecule has 5 nitrogen and oxygen atoms in total. The summed E-state index contributed by atoms with van der Waals surface area (Å²) in [5.41, 5.74) is 0.859. The van der Waals surface area contributed by atoms with Crippen molar-refractivity contribution in [1.29, 1.82) is 0 Å². The normalized spacial score (nSPS) is 15.2. The van der Waals surface area contributed by atoms with Gasteiger partial charge in [0, 0.05) is 5.56 Å². The maximum Gasteiger partial charge on any atom is 0.258 e. The van der Waals surface area contributed by atoms with Crippen molar-refractivity contribution < 1.29 is 19.0 Å². The molecule has 5 heteroatoms. The lowest BCUT2D eigenvalue weighted by Crippen LogP contribution is -2.49. The largest absolute Gasteiger partial charge is 0.493 e. The van der Waals surface area contributed by atoms with Gasteiger partial charge in [0.05, 0.1) is 26.5 Å². The van der Waals surface area contributed by atoms with E-state index in [1.165, 1.54) is 0 Å². The van der Waals surface area contributed by atoms with Crippen LogP contribution < -0.4 is 19.1 Å². The standard InChI is InChI=1S/C19H21NO4/c1-19(2)12-20(14-7-5-6-8-15(14)24-19)18(21)13-9-10-16(22-3)17(11-13)23-4/h5-11H,12H2,1-4H3. The third kappa shape index (κ3) is 2.89. The van der Waals surface area contributed by atoms with Crippen molar-refractivity contribution >= 4 is 11.6 Å². The average Bonchev–Trinajstić information content (AvgIpc) is 2.58. The Bertz CT molecular complexity index is 770. The van der Waals surface area contributed by atoms with Gasteiger partial charge < -0.3 is 19.1 Å². The number of carbonyl (C=O) groups is 1. The molecule has 0 bridgehead atoms. The first-order valence-corrected chi connectivity index (χ1v) is 7.77. The lowest BCUT2D eigenvalue weighted by atomic mass is 10.0. The Labute approximate surface area is 141 Å². The Balaban J connectivity index is 2.01. The van der Waals surface area contributed by atoms with Crippen LogP contribution in [0.5, 0.6) is 17.2 Å². The Kier molecular flexibility index (Phi) is 4.09. The van der Waals surface area contributed by atoms with Gasteiger partial charge in [0.2, 0.25) is 0 Å². The van der Waals surface area contributed by atoms with Crippen molar-refractivity contribution in [2.75, 3.05) is 25.7 Å². The van der Waals surface area contributed by atoms with Crippen LogP contribution in [-0.2, 0) is 0 Å². The molecular weight excluding hydrogens is 306 g/mol. The van der Waals surface area contributed by atoms with E-state index in [1.54, 1.807) is 37.3 Å². The molecule has 24 heavy (non-hydrogen) atoms. The number of methoxy groups -OCH3 is 2. The molecule has 0 aromatic heterocycles. The Morgan fingerprint density at radius 2 is 1.79 bits per heavy atom. The highest BCUT2D eigenvalue weighted by Gasteiger charge is 2.35. The fourth-order valence-electron chi connectivity index (χ4n) is 2.87. The van der Waals surface area contributed by atoms with Crippen LogP contribution >= 0.6 is 0 Å². The van der Waals surface area contributed by atoms with Crippen LogP contribution in [0.3, 0.4) is 0 Å². The number of hydrogen-bond donors (Lipinski definition) is 0. The van der Waals surface area contributed by atoms with Crippen molar-refractivity contribution in [3.05, 3.63) is 48.0 Å². The molecular formula is C19H21NO4. The fourth-order valence-corrected chi connectivity index (χ4v) is 2.87. The van der Waals surface area contributed by atoms with Gasteiger partial charge in [-0.3, -0.25) is 4.79 Å². The number of rotatable bonds is 3. The molecule has 1 aliphatic heterocycles. The maximum atomic E-state index is 13.1. The van der Waals surface area contributed by atoms with Gasteiger partial charge in [-0.05, 0) is 44.2 Å². The highest BCUT2D eigenvalue weighted by atomic mass is 16.5. The molecule has 0 saturated carbocycles. The zero-order valence-electron chi connectivity index (χ0n) is 14.3. The average molecular weight is 327 g/mol. The third-order valence-electron chi connectivity index (χ3n) is 3.96. The lowest BCUT2D eigenvalue weighted by molar-refractivity contribution is 0.0836. The molecule has 0 unspecified atom stereocenters. The Morgan fingerprint density at radius 3 is 2.50 bits per heavy atom. The van der Waals surface area contributed by atoms with E-state index >= 15 is 0 Å². The fraction of sp³-hybridized carbons (Fsp3) is 0.316. The molecule has 0 atom stereocenters. The summed E-state index contributed by atoms with van der Waals surface area (Å²) in [6, 6.07) is 12.8. The van der Waals surface area contributed by atoms with E-state index in [9.17, 15) is 4.79 Å². The van der Waals surface area contributed by atoms with E-state index in [2.05, 4.69) is 0 Å². The van der Waals surface area contributed by atoms with Crippen LogP contribution in [-0.4, -0.2) is 32.3 Å². The monoisotopic (exact) mass is 327 g/mol. The first kappa shape index (κ1) is 16.2. The highest BCUT2D eigenvalue weighted by Crippen LogP contribution is 2.38. The van der Waals surface area contributed by atoms with Gasteiger partial charge in [-0.15, -0.1) is 0 Å². The van der Waals surface area contributed by atoms with Gasteiger partial charge in [-0.1, -0.05) is 12.1 Å². The highest BCUT2D eigenvalue weighted by molar-refractivity contribution is 6.07. The van der Waals surface area contributed by atoms with Crippen molar-refractivity contribution in [3.8, 4) is 17.2 Å². The van der Waals surface area contributed by atoms with Crippen LogP contribution in [0.15, 0.2) is 42.5 Å². The molecule has 2 aromatic rings. The SMILES string of the molecule is COc1ccc(C(=O)N2CC(C)(C)Oc3ccccc32)cc1OC. The van der Waals surface area contributed by atoms with Gasteiger partial charge in [0.25, 0.3) is 5.91 Å². The molecule has 1 heterocycles. The van der Waals surface area contributed by atoms with Crippen LogP contribution in [0, 0.1) is 0 Å². The first-order valence-electron chi connectivity index (χ1n) is 7.77. The van der Waals surface area contributed by atoms with Crippen LogP contribution in [0.2, 0.25) is 0 Å². The summed E-state index contributed by atoms with van der Waals surface area (Å²) in [5.74, 6) is 1.74. The summed E-state index contributed by atoms with van der Waals surface area (Å²) >= 11 is 0. The van der Waals surface area contributed by atoms with E-state index < -0.39 is 5.60 Å². The van der Waals surface area contributed by atoms with E-state index in [1.807, 2.05) is 38.1 Å². The summed E-state index contributed by atoms with van der Waals surface area (Å²) in [6.07, 6.45) is 0. The molecule has 0 fully saturated rings. The third-order valence-corrected chi connectivity index (χ3v) is 3.96. The van der Waals surface area contributed by atoms with E-state index in [-0.39, 0.29) is 5.91 Å². The smallest absolute Gasteiger partial charge is 0.258 e. The van der Waals surface area contributed by atoms with E-state index in [4.69, 9.17) is 14.2 Å². The van der Waals surface area contributed by atoms with Crippen molar-refractivity contribution in [2.45, 2.75) is 19.4 Å². The molecule has 0 aliphatic carbocycles. The molecule has 1 aliphatic rings. The maximum absolute atomic E-state index is 13.1. The lowest BCUT2D eigenvalue weighted by Gasteiger charge is -2.39. The molecule has 126 valence electrons. The summed E-state index contributed by atoms with van der Waals surface area (Å²) in [7, 11) is 3.12. The number of amides is 1. The summed E-state index contributed by atoms with van der Waals surface area (Å²) in [5, 5.41) is 0. The topological polar surface area (TPSA) is 48.0 Å². The van der Waals surface area contributed by atoms with Gasteiger partial charge in [-0.25, -0.2) is 0 Å². The molecule has 1 amide bonds. The first-order chi connectivity index (χ1) is 11.4. The van der Waals surface area contributed by atoms with Gasteiger partial charge in [0.1, 0.15) is 11.4 Å². The number of carbonyl (C=O) groups excluding carboxylic acids is 1. The zero-order valence-corrected chi connectivity index (χ0v) is 14.3. The number of nitrogens with zero attached hydrogens (tertiary/aromatic N) is 1. The molecule has 0 spiro atoms. The number of fused-ring (bicyclic) bond motifs is 1. The second kappa shape index (κ2) is 6.07. The van der Waals surface area contributed by atoms with Crippen LogP contribution in [0.4, 0.5) is 5.69 Å². The van der Waals surface area contributed by atoms with Crippen molar-refractivity contribution in [1.82, 2.24) is 0 Å². The predicted molar refractivity (Wildman–Crippen MR) is 92.4 cm³/mol. The second-order valence-corrected chi connectivity index (χ2v) is 6.29. The summed E-state index contributed by atoms with van der Waals surface area (Å²) < 4.78 is 16.5. The van der Waals surface area contributed by atoms with Crippen molar-refractivity contribution in [2.24, 2.45) is 0 Å². The van der Waals surface area contributed by atoms with Gasteiger partial charge in [0.15, 0.2) is 11.5 Å². The Hall–Kier alpha value is -2.69. The molecule has 0 N–H and O–H groups in total. The van der Waals surface area contributed by atoms with Gasteiger partial charge >= 0.3 is 0 Å².